The van der Waals surface area contributed by atoms with Crippen LogP contribution in [0.1, 0.15) is 45.0 Å². The van der Waals surface area contributed by atoms with Crippen LogP contribution in [0.2, 0.25) is 0 Å². The molecule has 2 aromatic rings. The van der Waals surface area contributed by atoms with Gasteiger partial charge in [0.15, 0.2) is 17.3 Å². The monoisotopic (exact) mass is 362 g/mol. The molecule has 0 unspecified atom stereocenters. The molecule has 1 aromatic carbocycles. The van der Waals surface area contributed by atoms with Gasteiger partial charge in [-0.25, -0.2) is 0 Å². The van der Waals surface area contributed by atoms with E-state index < -0.39 is 0 Å². The molecule has 0 aliphatic rings. The van der Waals surface area contributed by atoms with Crippen molar-refractivity contribution >= 4 is 18.0 Å². The first kappa shape index (κ1) is 19.3. The van der Waals surface area contributed by atoms with E-state index in [9.17, 15) is 0 Å². The molecule has 0 radical (unpaired) electrons. The maximum Gasteiger partial charge on any atom is 0.211 e. The van der Waals surface area contributed by atoms with Gasteiger partial charge in [-0.05, 0) is 43.4 Å². The Morgan fingerprint density at radius 2 is 2.00 bits per heavy atom. The zero-order valence-electron chi connectivity index (χ0n) is 15.4. The molecular weight excluding hydrogens is 336 g/mol. The van der Waals surface area contributed by atoms with E-state index in [1.54, 1.807) is 10.9 Å². The van der Waals surface area contributed by atoms with Crippen LogP contribution in [0.3, 0.4) is 0 Å². The van der Waals surface area contributed by atoms with Gasteiger partial charge in [0.1, 0.15) is 0 Å². The molecule has 0 saturated carbocycles. The molecule has 0 bridgehead atoms. The van der Waals surface area contributed by atoms with Crippen LogP contribution >= 0.6 is 11.8 Å². The third kappa shape index (κ3) is 5.22. The van der Waals surface area contributed by atoms with Crippen molar-refractivity contribution in [2.75, 3.05) is 19.5 Å². The van der Waals surface area contributed by atoms with E-state index in [-0.39, 0.29) is 0 Å². The van der Waals surface area contributed by atoms with E-state index in [0.717, 1.165) is 47.3 Å². The second-order valence-corrected chi connectivity index (χ2v) is 6.13. The standard InChI is InChI=1S/C18H26N4O2S/c1-5-8-11-24-15-10-9-14(12-16(15)23-7-3)13-19-22-17(6-2)20-21-18(22)25-4/h9-10,12-13H,5-8,11H2,1-4H3/b19-13-. The zero-order chi connectivity index (χ0) is 18.1. The Hall–Kier alpha value is -2.02. The molecule has 2 rings (SSSR count). The normalized spacial score (nSPS) is 11.2. The van der Waals surface area contributed by atoms with Crippen LogP contribution in [0.15, 0.2) is 28.5 Å². The third-order valence-electron chi connectivity index (χ3n) is 3.52. The lowest BCUT2D eigenvalue weighted by Gasteiger charge is -2.12. The molecule has 0 spiro atoms. The lowest BCUT2D eigenvalue weighted by Crippen LogP contribution is -2.02. The molecule has 0 aliphatic heterocycles. The summed E-state index contributed by atoms with van der Waals surface area (Å²) in [6.07, 6.45) is 6.66. The highest BCUT2D eigenvalue weighted by molar-refractivity contribution is 7.98. The van der Waals surface area contributed by atoms with Gasteiger partial charge in [-0.15, -0.1) is 10.2 Å². The van der Waals surface area contributed by atoms with Crippen LogP contribution < -0.4 is 9.47 Å². The number of aryl methyl sites for hydroxylation is 1. The predicted octanol–water partition coefficient (Wildman–Crippen LogP) is 4.02. The Balaban J connectivity index is 2.22. The van der Waals surface area contributed by atoms with Gasteiger partial charge in [-0.2, -0.15) is 9.78 Å². The number of thioether (sulfide) groups is 1. The van der Waals surface area contributed by atoms with E-state index in [0.29, 0.717) is 13.2 Å². The zero-order valence-corrected chi connectivity index (χ0v) is 16.2. The topological polar surface area (TPSA) is 61.5 Å². The fraction of sp³-hybridized carbons (Fsp3) is 0.500. The third-order valence-corrected chi connectivity index (χ3v) is 4.14. The summed E-state index contributed by atoms with van der Waals surface area (Å²) in [5.41, 5.74) is 0.939. The van der Waals surface area contributed by atoms with Crippen LogP contribution in [-0.2, 0) is 6.42 Å². The number of rotatable bonds is 10. The van der Waals surface area contributed by atoms with Crippen LogP contribution in [0, 0.1) is 0 Å². The quantitative estimate of drug-likeness (QED) is 0.363. The minimum absolute atomic E-state index is 0.590. The summed E-state index contributed by atoms with van der Waals surface area (Å²) >= 11 is 1.52. The number of aromatic nitrogens is 3. The number of hydrogen-bond donors (Lipinski definition) is 0. The van der Waals surface area contributed by atoms with Gasteiger partial charge in [-0.3, -0.25) is 0 Å². The lowest BCUT2D eigenvalue weighted by molar-refractivity contribution is 0.272. The molecule has 0 aliphatic carbocycles. The minimum Gasteiger partial charge on any atom is -0.490 e. The fourth-order valence-corrected chi connectivity index (χ4v) is 2.65. The van der Waals surface area contributed by atoms with Crippen molar-refractivity contribution in [3.05, 3.63) is 29.6 Å². The second kappa shape index (κ2) is 10.1. The highest BCUT2D eigenvalue weighted by Gasteiger charge is 2.09. The van der Waals surface area contributed by atoms with Crippen molar-refractivity contribution < 1.29 is 9.47 Å². The van der Waals surface area contributed by atoms with Crippen molar-refractivity contribution in [3.63, 3.8) is 0 Å². The SMILES string of the molecule is CCCCOc1ccc(/C=N\n2c(CC)nnc2SC)cc1OCC. The van der Waals surface area contributed by atoms with Gasteiger partial charge in [0, 0.05) is 6.42 Å². The van der Waals surface area contributed by atoms with Gasteiger partial charge in [-0.1, -0.05) is 32.0 Å². The number of nitrogens with zero attached hydrogens (tertiary/aromatic N) is 4. The summed E-state index contributed by atoms with van der Waals surface area (Å²) in [7, 11) is 0. The van der Waals surface area contributed by atoms with Crippen molar-refractivity contribution in [2.24, 2.45) is 5.10 Å². The Bertz CT molecular complexity index is 679. The first-order valence-electron chi connectivity index (χ1n) is 8.65. The maximum atomic E-state index is 5.81. The highest BCUT2D eigenvalue weighted by Crippen LogP contribution is 2.28. The molecule has 0 N–H and O–H groups in total. The van der Waals surface area contributed by atoms with E-state index >= 15 is 0 Å². The van der Waals surface area contributed by atoms with Crippen LogP contribution in [0.5, 0.6) is 11.5 Å². The first-order chi connectivity index (χ1) is 12.2. The number of hydrogen-bond acceptors (Lipinski definition) is 6. The van der Waals surface area contributed by atoms with Gasteiger partial charge in [0.2, 0.25) is 5.16 Å². The minimum atomic E-state index is 0.590. The van der Waals surface area contributed by atoms with Gasteiger partial charge < -0.3 is 9.47 Å². The van der Waals surface area contributed by atoms with Crippen LogP contribution in [0.4, 0.5) is 0 Å². The van der Waals surface area contributed by atoms with E-state index in [1.807, 2.05) is 38.3 Å². The molecule has 136 valence electrons. The van der Waals surface area contributed by atoms with Gasteiger partial charge in [0.25, 0.3) is 0 Å². The maximum absolute atomic E-state index is 5.81. The summed E-state index contributed by atoms with van der Waals surface area (Å²) in [6, 6.07) is 5.86. The Morgan fingerprint density at radius 1 is 1.16 bits per heavy atom. The van der Waals surface area contributed by atoms with Crippen molar-refractivity contribution in [3.8, 4) is 11.5 Å². The fourth-order valence-electron chi connectivity index (χ4n) is 2.20. The molecule has 25 heavy (non-hydrogen) atoms. The number of benzene rings is 1. The first-order valence-corrected chi connectivity index (χ1v) is 9.88. The van der Waals surface area contributed by atoms with Crippen molar-refractivity contribution in [2.45, 2.75) is 45.2 Å². The Labute approximate surface area is 153 Å². The second-order valence-electron chi connectivity index (χ2n) is 5.35. The van der Waals surface area contributed by atoms with Gasteiger partial charge in [0.05, 0.1) is 19.4 Å². The molecule has 0 saturated heterocycles. The Morgan fingerprint density at radius 3 is 2.68 bits per heavy atom. The average Bonchev–Trinajstić information content (AvgIpc) is 3.04. The molecule has 0 fully saturated rings. The molecule has 7 heteroatoms. The summed E-state index contributed by atoms with van der Waals surface area (Å²) in [5, 5.41) is 13.6. The summed E-state index contributed by atoms with van der Waals surface area (Å²) in [6.45, 7) is 7.43. The lowest BCUT2D eigenvalue weighted by atomic mass is 10.2. The largest absolute Gasteiger partial charge is 0.490 e. The number of unbranched alkanes of at least 4 members (excludes halogenated alkanes) is 1. The summed E-state index contributed by atoms with van der Waals surface area (Å²) in [5.74, 6) is 2.35. The van der Waals surface area contributed by atoms with E-state index in [4.69, 9.17) is 9.47 Å². The van der Waals surface area contributed by atoms with Crippen LogP contribution in [0.25, 0.3) is 0 Å². The molecule has 0 atom stereocenters. The number of ether oxygens (including phenoxy) is 2. The molecule has 0 amide bonds. The molecule has 1 aromatic heterocycles. The van der Waals surface area contributed by atoms with Crippen molar-refractivity contribution in [1.29, 1.82) is 0 Å². The van der Waals surface area contributed by atoms with Crippen LogP contribution in [-0.4, -0.2) is 40.6 Å². The predicted molar refractivity (Wildman–Crippen MR) is 102 cm³/mol. The average molecular weight is 362 g/mol. The van der Waals surface area contributed by atoms with Gasteiger partial charge >= 0.3 is 0 Å². The summed E-state index contributed by atoms with van der Waals surface area (Å²) in [4.78, 5) is 0. The summed E-state index contributed by atoms with van der Waals surface area (Å²) < 4.78 is 13.3. The molecule has 1 heterocycles. The van der Waals surface area contributed by atoms with Crippen molar-refractivity contribution in [1.82, 2.24) is 14.9 Å². The van der Waals surface area contributed by atoms with E-state index in [2.05, 4.69) is 22.2 Å². The smallest absolute Gasteiger partial charge is 0.211 e. The van der Waals surface area contributed by atoms with E-state index in [1.165, 1.54) is 11.8 Å². The Kier molecular flexibility index (Phi) is 7.78. The molecular formula is C18H26N4O2S. The molecule has 6 nitrogen and oxygen atoms in total. The highest BCUT2D eigenvalue weighted by atomic mass is 32.2.